The summed E-state index contributed by atoms with van der Waals surface area (Å²) in [4.78, 5) is 30.5. The minimum atomic E-state index is -0.663. The number of nitrogens with zero attached hydrogens (tertiary/aromatic N) is 2. The summed E-state index contributed by atoms with van der Waals surface area (Å²) in [5.74, 6) is -1.38. The Labute approximate surface area is 191 Å². The number of ether oxygens (including phenoxy) is 1. The summed E-state index contributed by atoms with van der Waals surface area (Å²) < 4.78 is 11.2. The Morgan fingerprint density at radius 3 is 2.48 bits per heavy atom. The molecule has 0 aliphatic carbocycles. The quantitative estimate of drug-likeness (QED) is 0.557. The van der Waals surface area contributed by atoms with Crippen molar-refractivity contribution in [3.05, 3.63) is 83.3 Å². The normalized spacial score (nSPS) is 19.6. The van der Waals surface area contributed by atoms with Gasteiger partial charge in [0.25, 0.3) is 5.91 Å². The largest absolute Gasteiger partial charge is 0.503 e. The maximum Gasteiger partial charge on any atom is 0.290 e. The fourth-order valence-corrected chi connectivity index (χ4v) is 4.61. The van der Waals surface area contributed by atoms with E-state index in [-0.39, 0.29) is 11.3 Å². The SMILES string of the molecule is O=C(C1=C(O)C(=O)N(CCCN2CCOCC2)C1c1ccccc1)c1cc2ccccc2o1. The highest BCUT2D eigenvalue weighted by molar-refractivity contribution is 6.16. The van der Waals surface area contributed by atoms with Crippen molar-refractivity contribution in [1.29, 1.82) is 0 Å². The van der Waals surface area contributed by atoms with Crippen molar-refractivity contribution in [3.63, 3.8) is 0 Å². The number of Topliss-reactive ketones (excluding diaryl/α,β-unsaturated/α-hetero) is 1. The summed E-state index contributed by atoms with van der Waals surface area (Å²) in [5.41, 5.74) is 1.43. The fourth-order valence-electron chi connectivity index (χ4n) is 4.61. The molecule has 1 aromatic heterocycles. The number of amides is 1. The molecule has 0 radical (unpaired) electrons. The van der Waals surface area contributed by atoms with Crippen LogP contribution in [0.15, 0.2) is 76.4 Å². The van der Waals surface area contributed by atoms with Crippen molar-refractivity contribution in [2.45, 2.75) is 12.5 Å². The predicted octanol–water partition coefficient (Wildman–Crippen LogP) is 3.73. The average Bonchev–Trinajstić information content (AvgIpc) is 3.40. The predicted molar refractivity (Wildman–Crippen MR) is 123 cm³/mol. The number of ketones is 1. The zero-order valence-corrected chi connectivity index (χ0v) is 18.3. The third kappa shape index (κ3) is 4.17. The van der Waals surface area contributed by atoms with Gasteiger partial charge in [-0.05, 0) is 24.1 Å². The summed E-state index contributed by atoms with van der Waals surface area (Å²) in [6.07, 6.45) is 0.731. The van der Waals surface area contributed by atoms with E-state index in [1.54, 1.807) is 17.0 Å². The van der Waals surface area contributed by atoms with Crippen LogP contribution >= 0.6 is 0 Å². The molecule has 1 saturated heterocycles. The van der Waals surface area contributed by atoms with Crippen LogP contribution in [-0.4, -0.2) is 66.0 Å². The lowest BCUT2D eigenvalue weighted by molar-refractivity contribution is -0.129. The number of carbonyl (C=O) groups excluding carboxylic acids is 2. The molecular formula is C26H26N2O5. The molecule has 0 saturated carbocycles. The van der Waals surface area contributed by atoms with Crippen LogP contribution in [0.25, 0.3) is 11.0 Å². The maximum absolute atomic E-state index is 13.5. The van der Waals surface area contributed by atoms with Gasteiger partial charge in [0.05, 0.1) is 24.8 Å². The van der Waals surface area contributed by atoms with E-state index in [0.717, 1.165) is 37.0 Å². The first-order chi connectivity index (χ1) is 16.1. The molecule has 2 aromatic carbocycles. The van der Waals surface area contributed by atoms with Crippen LogP contribution in [0.5, 0.6) is 0 Å². The third-order valence-electron chi connectivity index (χ3n) is 6.29. The summed E-state index contributed by atoms with van der Waals surface area (Å²) in [6.45, 7) is 4.42. The number of aliphatic hydroxyl groups is 1. The van der Waals surface area contributed by atoms with Gasteiger partial charge in [-0.1, -0.05) is 48.5 Å². The number of rotatable bonds is 7. The number of carbonyl (C=O) groups is 2. The number of hydrogen-bond acceptors (Lipinski definition) is 6. The summed E-state index contributed by atoms with van der Waals surface area (Å²) in [5, 5.41) is 11.6. The Bertz CT molecular complexity index is 1160. The zero-order valence-electron chi connectivity index (χ0n) is 18.3. The lowest BCUT2D eigenvalue weighted by atomic mass is 9.95. The van der Waals surface area contributed by atoms with E-state index in [2.05, 4.69) is 4.90 Å². The molecule has 2 aliphatic rings. The second-order valence-corrected chi connectivity index (χ2v) is 8.36. The molecule has 1 atom stereocenters. The van der Waals surface area contributed by atoms with Gasteiger partial charge in [0.15, 0.2) is 11.5 Å². The number of hydrogen-bond donors (Lipinski definition) is 1. The molecule has 2 aliphatic heterocycles. The highest BCUT2D eigenvalue weighted by atomic mass is 16.5. The van der Waals surface area contributed by atoms with Gasteiger partial charge in [-0.15, -0.1) is 0 Å². The fraction of sp³-hybridized carbons (Fsp3) is 0.308. The Morgan fingerprint density at radius 1 is 1.00 bits per heavy atom. The van der Waals surface area contributed by atoms with Crippen molar-refractivity contribution in [2.75, 3.05) is 39.4 Å². The smallest absolute Gasteiger partial charge is 0.290 e. The third-order valence-corrected chi connectivity index (χ3v) is 6.29. The van der Waals surface area contributed by atoms with Gasteiger partial charge < -0.3 is 19.2 Å². The molecule has 0 spiro atoms. The van der Waals surface area contributed by atoms with Crippen LogP contribution in [0.2, 0.25) is 0 Å². The topological polar surface area (TPSA) is 83.2 Å². The van der Waals surface area contributed by atoms with Crippen LogP contribution in [0.4, 0.5) is 0 Å². The highest BCUT2D eigenvalue weighted by Gasteiger charge is 2.44. The minimum Gasteiger partial charge on any atom is -0.503 e. The number of para-hydroxylation sites is 1. The minimum absolute atomic E-state index is 0.0663. The van der Waals surface area contributed by atoms with Gasteiger partial charge in [0.2, 0.25) is 5.78 Å². The van der Waals surface area contributed by atoms with Crippen molar-refractivity contribution in [3.8, 4) is 0 Å². The first-order valence-electron chi connectivity index (χ1n) is 11.3. The van der Waals surface area contributed by atoms with E-state index in [0.29, 0.717) is 25.3 Å². The van der Waals surface area contributed by atoms with Gasteiger partial charge in [0.1, 0.15) is 5.58 Å². The second kappa shape index (κ2) is 9.21. The monoisotopic (exact) mass is 446 g/mol. The van der Waals surface area contributed by atoms with E-state index in [1.807, 2.05) is 48.5 Å². The van der Waals surface area contributed by atoms with Gasteiger partial charge >= 0.3 is 0 Å². The number of aliphatic hydroxyl groups excluding tert-OH is 1. The van der Waals surface area contributed by atoms with E-state index < -0.39 is 23.5 Å². The molecule has 5 rings (SSSR count). The van der Waals surface area contributed by atoms with Crippen LogP contribution in [-0.2, 0) is 9.53 Å². The summed E-state index contributed by atoms with van der Waals surface area (Å²) in [7, 11) is 0. The first-order valence-corrected chi connectivity index (χ1v) is 11.3. The number of fused-ring (bicyclic) bond motifs is 1. The van der Waals surface area contributed by atoms with Gasteiger partial charge in [0, 0.05) is 31.6 Å². The molecule has 7 heteroatoms. The summed E-state index contributed by atoms with van der Waals surface area (Å²) in [6, 6.07) is 17.7. The Balaban J connectivity index is 1.43. The molecule has 3 heterocycles. The van der Waals surface area contributed by atoms with Crippen molar-refractivity contribution >= 4 is 22.7 Å². The van der Waals surface area contributed by atoms with Crippen LogP contribution in [0.1, 0.15) is 28.6 Å². The van der Waals surface area contributed by atoms with E-state index in [9.17, 15) is 14.7 Å². The highest BCUT2D eigenvalue weighted by Crippen LogP contribution is 2.39. The Hall–Kier alpha value is -3.42. The van der Waals surface area contributed by atoms with Gasteiger partial charge in [-0.2, -0.15) is 0 Å². The van der Waals surface area contributed by atoms with Crippen LogP contribution in [0.3, 0.4) is 0 Å². The van der Waals surface area contributed by atoms with E-state index in [4.69, 9.17) is 9.15 Å². The number of morpholine rings is 1. The van der Waals surface area contributed by atoms with Gasteiger partial charge in [-0.25, -0.2) is 0 Å². The van der Waals surface area contributed by atoms with Crippen molar-refractivity contribution in [1.82, 2.24) is 9.80 Å². The summed E-state index contributed by atoms with van der Waals surface area (Å²) >= 11 is 0. The molecule has 33 heavy (non-hydrogen) atoms. The zero-order chi connectivity index (χ0) is 22.8. The molecule has 1 amide bonds. The second-order valence-electron chi connectivity index (χ2n) is 8.36. The molecular weight excluding hydrogens is 420 g/mol. The molecule has 0 bridgehead atoms. The van der Waals surface area contributed by atoms with Crippen molar-refractivity contribution in [2.24, 2.45) is 0 Å². The lowest BCUT2D eigenvalue weighted by Crippen LogP contribution is -2.39. The van der Waals surface area contributed by atoms with Gasteiger partial charge in [-0.3, -0.25) is 14.5 Å². The van der Waals surface area contributed by atoms with E-state index in [1.165, 1.54) is 0 Å². The Kier molecular flexibility index (Phi) is 5.98. The average molecular weight is 447 g/mol. The number of furan rings is 1. The molecule has 170 valence electrons. The molecule has 3 aromatic rings. The van der Waals surface area contributed by atoms with Crippen molar-refractivity contribution < 1.29 is 23.8 Å². The molecule has 1 fully saturated rings. The first kappa shape index (κ1) is 21.4. The molecule has 1 N–H and O–H groups in total. The van der Waals surface area contributed by atoms with E-state index >= 15 is 0 Å². The molecule has 1 unspecified atom stereocenters. The lowest BCUT2D eigenvalue weighted by Gasteiger charge is -2.29. The van der Waals surface area contributed by atoms with Crippen LogP contribution in [0, 0.1) is 0 Å². The van der Waals surface area contributed by atoms with Crippen LogP contribution < -0.4 is 0 Å². The Morgan fingerprint density at radius 2 is 1.73 bits per heavy atom. The standard InChI is InChI=1S/C26H26N2O5/c29-24(21-17-19-9-4-5-10-20(19)33-21)22-23(18-7-2-1-3-8-18)28(26(31)25(22)30)12-6-11-27-13-15-32-16-14-27/h1-5,7-10,17,23,30H,6,11-16H2. The number of benzene rings is 2. The molecule has 7 nitrogen and oxygen atoms in total. The maximum atomic E-state index is 13.5.